The van der Waals surface area contributed by atoms with E-state index in [2.05, 4.69) is 4.81 Å². The smallest absolute Gasteiger partial charge is 0.376 e. The molecular formula is C7H17BN2O. The second kappa shape index (κ2) is 4.09. The Kier molecular flexibility index (Phi) is 3.36. The fourth-order valence-electron chi connectivity index (χ4n) is 1.56. The van der Waals surface area contributed by atoms with Crippen LogP contribution in [0, 0.1) is 5.92 Å². The molecule has 4 heteroatoms. The first-order chi connectivity index (χ1) is 5.24. The molecule has 3 nitrogen and oxygen atoms in total. The summed E-state index contributed by atoms with van der Waals surface area (Å²) in [5.74, 6) is 0.685. The first kappa shape index (κ1) is 9.04. The highest BCUT2D eigenvalue weighted by Crippen LogP contribution is 2.15. The van der Waals surface area contributed by atoms with Crippen LogP contribution in [0.5, 0.6) is 0 Å². The molecule has 0 unspecified atom stereocenters. The van der Waals surface area contributed by atoms with Crippen LogP contribution in [0.1, 0.15) is 12.8 Å². The second-order valence-electron chi connectivity index (χ2n) is 3.35. The van der Waals surface area contributed by atoms with Crippen LogP contribution in [0.15, 0.2) is 0 Å². The van der Waals surface area contributed by atoms with E-state index in [1.807, 2.05) is 6.82 Å². The van der Waals surface area contributed by atoms with Crippen LogP contribution in [0.3, 0.4) is 0 Å². The van der Waals surface area contributed by atoms with E-state index in [4.69, 9.17) is 5.73 Å². The van der Waals surface area contributed by atoms with Crippen molar-refractivity contribution in [1.29, 1.82) is 0 Å². The fourth-order valence-corrected chi connectivity index (χ4v) is 1.56. The van der Waals surface area contributed by atoms with Crippen LogP contribution in [0.4, 0.5) is 0 Å². The molecule has 0 aromatic carbocycles. The Morgan fingerprint density at radius 3 is 2.45 bits per heavy atom. The Balaban J connectivity index is 2.24. The lowest BCUT2D eigenvalue weighted by Gasteiger charge is -2.31. The van der Waals surface area contributed by atoms with Crippen molar-refractivity contribution < 1.29 is 5.02 Å². The van der Waals surface area contributed by atoms with Crippen LogP contribution in [-0.4, -0.2) is 36.5 Å². The van der Waals surface area contributed by atoms with Gasteiger partial charge in [0, 0.05) is 0 Å². The molecule has 0 spiro atoms. The lowest BCUT2D eigenvalue weighted by atomic mass is 9.81. The van der Waals surface area contributed by atoms with Crippen LogP contribution >= 0.6 is 0 Å². The van der Waals surface area contributed by atoms with Crippen LogP contribution in [0.25, 0.3) is 0 Å². The third kappa shape index (κ3) is 2.47. The third-order valence-corrected chi connectivity index (χ3v) is 2.51. The summed E-state index contributed by atoms with van der Waals surface area (Å²) in [5, 5.41) is 9.23. The van der Waals surface area contributed by atoms with Crippen molar-refractivity contribution in [3.63, 3.8) is 0 Å². The first-order valence-corrected chi connectivity index (χ1v) is 4.36. The van der Waals surface area contributed by atoms with Gasteiger partial charge in [-0.3, -0.25) is 0 Å². The maximum absolute atomic E-state index is 9.23. The standard InChI is InChI=1S/C7H17BN2O/c1-8(11)10-4-2-7(6-9)3-5-10/h7,11H,2-6,9H2,1H3. The predicted molar refractivity (Wildman–Crippen MR) is 47.2 cm³/mol. The highest BCUT2D eigenvalue weighted by Gasteiger charge is 2.22. The molecule has 1 aliphatic rings. The maximum atomic E-state index is 9.23. The molecule has 0 atom stereocenters. The van der Waals surface area contributed by atoms with Crippen LogP contribution < -0.4 is 5.73 Å². The Labute approximate surface area is 68.7 Å². The SMILES string of the molecule is CB(O)N1CCC(CN)CC1. The molecule has 1 fully saturated rings. The first-order valence-electron chi connectivity index (χ1n) is 4.36. The minimum atomic E-state index is -0.284. The number of hydrogen-bond donors (Lipinski definition) is 2. The molecule has 0 bridgehead atoms. The van der Waals surface area contributed by atoms with E-state index in [1.165, 1.54) is 0 Å². The minimum absolute atomic E-state index is 0.284. The Bertz CT molecular complexity index is 113. The van der Waals surface area contributed by atoms with Crippen molar-refractivity contribution in [2.45, 2.75) is 19.7 Å². The van der Waals surface area contributed by atoms with Crippen molar-refractivity contribution >= 4 is 7.05 Å². The van der Waals surface area contributed by atoms with Gasteiger partial charge in [0.1, 0.15) is 0 Å². The number of piperidine rings is 1. The molecular weight excluding hydrogens is 139 g/mol. The minimum Gasteiger partial charge on any atom is -0.437 e. The predicted octanol–water partition coefficient (Wildman–Crippen LogP) is -0.233. The lowest BCUT2D eigenvalue weighted by Crippen LogP contribution is -2.44. The summed E-state index contributed by atoms with van der Waals surface area (Å²) in [5.41, 5.74) is 5.54. The van der Waals surface area contributed by atoms with E-state index < -0.39 is 0 Å². The summed E-state index contributed by atoms with van der Waals surface area (Å²) in [6.07, 6.45) is 2.28. The summed E-state index contributed by atoms with van der Waals surface area (Å²) in [7, 11) is -0.284. The molecule has 64 valence electrons. The molecule has 1 heterocycles. The molecule has 1 aliphatic heterocycles. The summed E-state index contributed by atoms with van der Waals surface area (Å²) in [4.78, 5) is 2.09. The normalized spacial score (nSPS) is 22.1. The average Bonchev–Trinajstić information content (AvgIpc) is 2.05. The topological polar surface area (TPSA) is 49.5 Å². The number of hydrogen-bond acceptors (Lipinski definition) is 3. The van der Waals surface area contributed by atoms with E-state index in [1.54, 1.807) is 0 Å². The van der Waals surface area contributed by atoms with Crippen LogP contribution in [0.2, 0.25) is 6.82 Å². The van der Waals surface area contributed by atoms with E-state index in [9.17, 15) is 5.02 Å². The van der Waals surface area contributed by atoms with Gasteiger partial charge in [0.25, 0.3) is 0 Å². The number of rotatable bonds is 2. The van der Waals surface area contributed by atoms with E-state index in [0.717, 1.165) is 32.5 Å². The lowest BCUT2D eigenvalue weighted by molar-refractivity contribution is 0.255. The third-order valence-electron chi connectivity index (χ3n) is 2.51. The highest BCUT2D eigenvalue weighted by molar-refractivity contribution is 6.45. The molecule has 0 saturated carbocycles. The van der Waals surface area contributed by atoms with Crippen molar-refractivity contribution in [2.24, 2.45) is 11.7 Å². The van der Waals surface area contributed by atoms with Crippen molar-refractivity contribution in [2.75, 3.05) is 19.6 Å². The largest absolute Gasteiger partial charge is 0.437 e. The van der Waals surface area contributed by atoms with Crippen molar-refractivity contribution in [3.8, 4) is 0 Å². The monoisotopic (exact) mass is 156 g/mol. The van der Waals surface area contributed by atoms with E-state index in [-0.39, 0.29) is 7.05 Å². The molecule has 0 aliphatic carbocycles. The zero-order valence-corrected chi connectivity index (χ0v) is 7.16. The average molecular weight is 156 g/mol. The van der Waals surface area contributed by atoms with Gasteiger partial charge in [-0.05, 0) is 45.2 Å². The summed E-state index contributed by atoms with van der Waals surface area (Å²) in [6, 6.07) is 0. The molecule has 0 aromatic heterocycles. The van der Waals surface area contributed by atoms with Gasteiger partial charge in [-0.1, -0.05) is 0 Å². The Hall–Kier alpha value is -0.0551. The molecule has 0 radical (unpaired) electrons. The highest BCUT2D eigenvalue weighted by atomic mass is 16.2. The zero-order chi connectivity index (χ0) is 8.27. The second-order valence-corrected chi connectivity index (χ2v) is 3.35. The molecule has 1 saturated heterocycles. The maximum Gasteiger partial charge on any atom is 0.376 e. The summed E-state index contributed by atoms with van der Waals surface area (Å²) < 4.78 is 0. The summed E-state index contributed by atoms with van der Waals surface area (Å²) in [6.45, 7) is 4.62. The summed E-state index contributed by atoms with van der Waals surface area (Å²) >= 11 is 0. The number of nitrogens with two attached hydrogens (primary N) is 1. The van der Waals surface area contributed by atoms with Gasteiger partial charge < -0.3 is 15.6 Å². The van der Waals surface area contributed by atoms with Crippen molar-refractivity contribution in [3.05, 3.63) is 0 Å². The molecule has 0 amide bonds. The molecule has 11 heavy (non-hydrogen) atoms. The number of nitrogens with zero attached hydrogens (tertiary/aromatic N) is 1. The molecule has 3 N–H and O–H groups in total. The van der Waals surface area contributed by atoms with E-state index >= 15 is 0 Å². The van der Waals surface area contributed by atoms with Crippen LogP contribution in [-0.2, 0) is 0 Å². The van der Waals surface area contributed by atoms with E-state index in [0.29, 0.717) is 5.92 Å². The molecule has 1 rings (SSSR count). The van der Waals surface area contributed by atoms with Gasteiger partial charge in [-0.25, -0.2) is 0 Å². The molecule has 0 aromatic rings. The van der Waals surface area contributed by atoms with Gasteiger partial charge in [0.15, 0.2) is 0 Å². The fraction of sp³-hybridized carbons (Fsp3) is 1.00. The van der Waals surface area contributed by atoms with Crippen molar-refractivity contribution in [1.82, 2.24) is 4.81 Å². The van der Waals surface area contributed by atoms with Gasteiger partial charge in [-0.2, -0.15) is 0 Å². The zero-order valence-electron chi connectivity index (χ0n) is 7.16. The van der Waals surface area contributed by atoms with Gasteiger partial charge in [0.2, 0.25) is 0 Å². The van der Waals surface area contributed by atoms with Gasteiger partial charge in [-0.15, -0.1) is 0 Å². The Morgan fingerprint density at radius 2 is 2.09 bits per heavy atom. The van der Waals surface area contributed by atoms with Gasteiger partial charge in [0.05, 0.1) is 0 Å². The van der Waals surface area contributed by atoms with Gasteiger partial charge >= 0.3 is 7.05 Å². The Morgan fingerprint density at radius 1 is 1.55 bits per heavy atom. The quantitative estimate of drug-likeness (QED) is 0.543.